The average Bonchev–Trinajstić information content (AvgIpc) is 2.74. The Balaban J connectivity index is 1.92. The summed E-state index contributed by atoms with van der Waals surface area (Å²) in [4.78, 5) is 24.4. The van der Waals surface area contributed by atoms with Crippen molar-refractivity contribution in [3.63, 3.8) is 0 Å². The van der Waals surface area contributed by atoms with Gasteiger partial charge in [-0.1, -0.05) is 12.1 Å². The molecule has 17 heavy (non-hydrogen) atoms. The number of nitrogens with zero attached hydrogens (tertiary/aromatic N) is 1. The van der Waals surface area contributed by atoms with Crippen molar-refractivity contribution >= 4 is 23.7 Å². The molecule has 1 N–H and O–H groups in total. The second-order valence-electron chi connectivity index (χ2n) is 3.50. The van der Waals surface area contributed by atoms with Gasteiger partial charge in [0, 0.05) is 18.0 Å². The fourth-order valence-electron chi connectivity index (χ4n) is 1.49. The maximum absolute atomic E-state index is 13.3. The number of halogens is 1. The van der Waals surface area contributed by atoms with E-state index in [9.17, 15) is 14.0 Å². The number of carbonyl (C=O) groups excluding carboxylic acids is 2. The summed E-state index contributed by atoms with van der Waals surface area (Å²) in [6.45, 7) is 0.866. The molecule has 0 aliphatic carbocycles. The monoisotopic (exact) mass is 254 g/mol. The zero-order valence-electron chi connectivity index (χ0n) is 8.98. The number of urea groups is 1. The van der Waals surface area contributed by atoms with E-state index in [2.05, 4.69) is 5.32 Å². The van der Waals surface area contributed by atoms with Crippen LogP contribution in [0.15, 0.2) is 29.2 Å². The first-order valence-electron chi connectivity index (χ1n) is 5.14. The van der Waals surface area contributed by atoms with Gasteiger partial charge in [0.2, 0.25) is 5.91 Å². The van der Waals surface area contributed by atoms with E-state index in [0.717, 1.165) is 16.7 Å². The Hall–Kier alpha value is -1.56. The van der Waals surface area contributed by atoms with Gasteiger partial charge in [-0.05, 0) is 12.1 Å². The molecule has 1 aromatic carbocycles. The molecular formula is C11H11FN2O2S. The maximum Gasteiger partial charge on any atom is 0.324 e. The van der Waals surface area contributed by atoms with Crippen LogP contribution < -0.4 is 5.32 Å². The van der Waals surface area contributed by atoms with E-state index < -0.39 is 0 Å². The van der Waals surface area contributed by atoms with E-state index in [1.165, 1.54) is 6.07 Å². The summed E-state index contributed by atoms with van der Waals surface area (Å²) in [7, 11) is 0. The number of nitrogens with one attached hydrogen (secondary N) is 1. The fourth-order valence-corrected chi connectivity index (χ4v) is 2.30. The summed E-state index contributed by atoms with van der Waals surface area (Å²) in [5.74, 6) is -0.585. The molecule has 0 radical (unpaired) electrons. The molecule has 1 fully saturated rings. The molecule has 0 aromatic heterocycles. The number of amides is 3. The van der Waals surface area contributed by atoms with Crippen LogP contribution in [0.4, 0.5) is 9.18 Å². The largest absolute Gasteiger partial charge is 0.336 e. The minimum atomic E-state index is -0.371. The van der Waals surface area contributed by atoms with Crippen LogP contribution >= 0.6 is 11.8 Å². The normalized spacial score (nSPS) is 14.9. The lowest BCUT2D eigenvalue weighted by Crippen LogP contribution is -2.35. The molecule has 0 unspecified atom stereocenters. The summed E-state index contributed by atoms with van der Waals surface area (Å²) < 4.78 is 13.3. The number of thioether (sulfide) groups is 1. The highest BCUT2D eigenvalue weighted by Gasteiger charge is 2.25. The quantitative estimate of drug-likeness (QED) is 0.831. The zero-order chi connectivity index (χ0) is 12.3. The topological polar surface area (TPSA) is 49.4 Å². The van der Waals surface area contributed by atoms with Gasteiger partial charge in [0.15, 0.2) is 0 Å². The molecule has 2 rings (SSSR count). The molecule has 1 saturated heterocycles. The Morgan fingerprint density at radius 2 is 2.24 bits per heavy atom. The SMILES string of the molecule is O=C(CSc1ccccc1F)N1CCNC1=O. The third-order valence-corrected chi connectivity index (χ3v) is 3.38. The third kappa shape index (κ3) is 2.76. The minimum absolute atomic E-state index is 0.0638. The molecule has 0 atom stereocenters. The van der Waals surface area contributed by atoms with Crippen molar-refractivity contribution in [2.24, 2.45) is 0 Å². The van der Waals surface area contributed by atoms with Crippen molar-refractivity contribution < 1.29 is 14.0 Å². The van der Waals surface area contributed by atoms with Crippen LogP contribution in [0.5, 0.6) is 0 Å². The van der Waals surface area contributed by atoms with Gasteiger partial charge >= 0.3 is 6.03 Å². The van der Waals surface area contributed by atoms with Gasteiger partial charge in [-0.15, -0.1) is 11.8 Å². The van der Waals surface area contributed by atoms with Crippen LogP contribution in [0.1, 0.15) is 0 Å². The van der Waals surface area contributed by atoms with Crippen molar-refractivity contribution in [3.05, 3.63) is 30.1 Å². The summed E-state index contributed by atoms with van der Waals surface area (Å²) >= 11 is 1.10. The van der Waals surface area contributed by atoms with E-state index in [4.69, 9.17) is 0 Å². The molecule has 1 aromatic rings. The van der Waals surface area contributed by atoms with E-state index >= 15 is 0 Å². The summed E-state index contributed by atoms with van der Waals surface area (Å²) in [6.07, 6.45) is 0. The van der Waals surface area contributed by atoms with Gasteiger partial charge in [-0.2, -0.15) is 0 Å². The molecule has 0 spiro atoms. The van der Waals surface area contributed by atoms with Crippen molar-refractivity contribution in [1.29, 1.82) is 0 Å². The highest BCUT2D eigenvalue weighted by atomic mass is 32.2. The molecule has 0 saturated carbocycles. The van der Waals surface area contributed by atoms with E-state index in [1.807, 2.05) is 0 Å². The minimum Gasteiger partial charge on any atom is -0.336 e. The molecule has 1 heterocycles. The standard InChI is InChI=1S/C11H11FN2O2S/c12-8-3-1-2-4-9(8)17-7-10(15)14-6-5-13-11(14)16/h1-4H,5-7H2,(H,13,16). The summed E-state index contributed by atoms with van der Waals surface area (Å²) in [5.41, 5.74) is 0. The van der Waals surface area contributed by atoms with Crippen molar-refractivity contribution in [2.45, 2.75) is 4.90 Å². The Morgan fingerprint density at radius 3 is 2.88 bits per heavy atom. The molecular weight excluding hydrogens is 243 g/mol. The van der Waals surface area contributed by atoms with E-state index in [1.54, 1.807) is 18.2 Å². The van der Waals surface area contributed by atoms with Gasteiger partial charge in [-0.25, -0.2) is 9.18 Å². The first-order chi connectivity index (χ1) is 8.18. The lowest BCUT2D eigenvalue weighted by atomic mass is 10.3. The smallest absolute Gasteiger partial charge is 0.324 e. The van der Waals surface area contributed by atoms with Crippen LogP contribution in [0, 0.1) is 5.82 Å². The first-order valence-corrected chi connectivity index (χ1v) is 6.12. The number of hydrogen-bond donors (Lipinski definition) is 1. The number of imide groups is 1. The second kappa shape index (κ2) is 5.18. The van der Waals surface area contributed by atoms with Crippen LogP contribution in [0.2, 0.25) is 0 Å². The molecule has 90 valence electrons. The zero-order valence-corrected chi connectivity index (χ0v) is 9.80. The fraction of sp³-hybridized carbons (Fsp3) is 0.273. The average molecular weight is 254 g/mol. The van der Waals surface area contributed by atoms with Crippen molar-refractivity contribution in [1.82, 2.24) is 10.2 Å². The van der Waals surface area contributed by atoms with Crippen molar-refractivity contribution in [2.75, 3.05) is 18.8 Å². The second-order valence-corrected chi connectivity index (χ2v) is 4.51. The van der Waals surface area contributed by atoms with Crippen LogP contribution in [-0.4, -0.2) is 35.7 Å². The number of rotatable bonds is 3. The number of carbonyl (C=O) groups is 2. The Kier molecular flexibility index (Phi) is 3.63. The van der Waals surface area contributed by atoms with Gasteiger partial charge in [0.05, 0.1) is 5.75 Å². The van der Waals surface area contributed by atoms with Gasteiger partial charge in [-0.3, -0.25) is 9.69 Å². The lowest BCUT2D eigenvalue weighted by Gasteiger charge is -2.11. The van der Waals surface area contributed by atoms with Gasteiger partial charge in [0.1, 0.15) is 5.82 Å². The van der Waals surface area contributed by atoms with Crippen LogP contribution in [0.25, 0.3) is 0 Å². The molecule has 1 aliphatic heterocycles. The number of benzene rings is 1. The predicted octanol–water partition coefficient (Wildman–Crippen LogP) is 1.47. The predicted molar refractivity (Wildman–Crippen MR) is 62.2 cm³/mol. The molecule has 6 heteroatoms. The molecule has 4 nitrogen and oxygen atoms in total. The highest BCUT2D eigenvalue weighted by molar-refractivity contribution is 8.00. The molecule has 3 amide bonds. The van der Waals surface area contributed by atoms with Crippen LogP contribution in [0.3, 0.4) is 0 Å². The summed E-state index contributed by atoms with van der Waals surface area (Å²) in [6, 6.07) is 5.88. The van der Waals surface area contributed by atoms with Crippen molar-refractivity contribution in [3.8, 4) is 0 Å². The van der Waals surface area contributed by atoms with Crippen LogP contribution in [-0.2, 0) is 4.79 Å². The van der Waals surface area contributed by atoms with Gasteiger partial charge < -0.3 is 5.32 Å². The van der Waals surface area contributed by atoms with E-state index in [0.29, 0.717) is 18.0 Å². The Labute approximate surface area is 102 Å². The Bertz CT molecular complexity index is 453. The maximum atomic E-state index is 13.3. The third-order valence-electron chi connectivity index (χ3n) is 2.35. The summed E-state index contributed by atoms with van der Waals surface area (Å²) in [5, 5.41) is 2.54. The van der Waals surface area contributed by atoms with E-state index in [-0.39, 0.29) is 23.5 Å². The lowest BCUT2D eigenvalue weighted by molar-refractivity contribution is -0.124. The molecule has 0 bridgehead atoms. The first kappa shape index (κ1) is 11.9. The Morgan fingerprint density at radius 1 is 1.47 bits per heavy atom. The molecule has 1 aliphatic rings. The van der Waals surface area contributed by atoms with Gasteiger partial charge in [0.25, 0.3) is 0 Å². The highest BCUT2D eigenvalue weighted by Crippen LogP contribution is 2.21. The number of hydrogen-bond acceptors (Lipinski definition) is 3.